The number of para-hydroxylation sites is 1. The minimum atomic E-state index is -3.51. The summed E-state index contributed by atoms with van der Waals surface area (Å²) in [5.41, 5.74) is 0.633. The second kappa shape index (κ2) is 3.83. The van der Waals surface area contributed by atoms with Crippen LogP contribution in [0.1, 0.15) is 0 Å². The van der Waals surface area contributed by atoms with Gasteiger partial charge in [-0.25, -0.2) is 0 Å². The molecule has 2 rings (SSSR count). The smallest absolute Gasteiger partial charge is 0.285 e. The molecule has 0 atom stereocenters. The summed E-state index contributed by atoms with van der Waals surface area (Å²) in [6.07, 6.45) is 1.31. The van der Waals surface area contributed by atoms with Crippen molar-refractivity contribution in [3.8, 4) is 0 Å². The molecular formula is C9H9ClN2O2S. The Morgan fingerprint density at radius 1 is 1.33 bits per heavy atom. The lowest BCUT2D eigenvalue weighted by Gasteiger charge is -2.23. The number of sulfonamides is 1. The van der Waals surface area contributed by atoms with Crippen molar-refractivity contribution < 1.29 is 8.42 Å². The van der Waals surface area contributed by atoms with Gasteiger partial charge in [-0.2, -0.15) is 8.42 Å². The highest BCUT2D eigenvalue weighted by Crippen LogP contribution is 2.28. The van der Waals surface area contributed by atoms with Gasteiger partial charge in [-0.1, -0.05) is 12.1 Å². The van der Waals surface area contributed by atoms with Crippen LogP contribution in [-0.4, -0.2) is 27.2 Å². The molecule has 80 valence electrons. The van der Waals surface area contributed by atoms with Gasteiger partial charge in [-0.3, -0.25) is 0 Å². The van der Waals surface area contributed by atoms with Crippen LogP contribution in [0.15, 0.2) is 33.6 Å². The average Bonchev–Trinajstić information content (AvgIpc) is 2.23. The maximum Gasteiger partial charge on any atom is 0.285 e. The van der Waals surface area contributed by atoms with Crippen LogP contribution in [-0.2, 0) is 10.0 Å². The highest BCUT2D eigenvalue weighted by Gasteiger charge is 2.23. The Bertz CT molecular complexity index is 499. The van der Waals surface area contributed by atoms with Gasteiger partial charge in [0.1, 0.15) is 11.2 Å². The van der Waals surface area contributed by atoms with E-state index in [2.05, 4.69) is 4.40 Å². The van der Waals surface area contributed by atoms with Crippen LogP contribution in [0.2, 0.25) is 0 Å². The molecule has 1 aliphatic heterocycles. The van der Waals surface area contributed by atoms with Crippen molar-refractivity contribution in [2.24, 2.45) is 4.40 Å². The Kier molecular flexibility index (Phi) is 2.67. The molecule has 1 aromatic carbocycles. The summed E-state index contributed by atoms with van der Waals surface area (Å²) < 4.78 is 26.6. The lowest BCUT2D eigenvalue weighted by molar-refractivity contribution is 0.597. The van der Waals surface area contributed by atoms with E-state index >= 15 is 0 Å². The summed E-state index contributed by atoms with van der Waals surface area (Å²) in [6.45, 7) is 0.539. The van der Waals surface area contributed by atoms with Crippen LogP contribution >= 0.6 is 11.6 Å². The summed E-state index contributed by atoms with van der Waals surface area (Å²) in [5.74, 6) is 0.417. The fourth-order valence-corrected chi connectivity index (χ4v) is 2.65. The molecule has 15 heavy (non-hydrogen) atoms. The number of nitrogens with zero attached hydrogens (tertiary/aromatic N) is 2. The van der Waals surface area contributed by atoms with Crippen molar-refractivity contribution in [1.82, 2.24) is 0 Å². The SMILES string of the molecule is O=S1(=O)N=CN(CCCl)c2ccccc21. The van der Waals surface area contributed by atoms with E-state index < -0.39 is 10.0 Å². The van der Waals surface area contributed by atoms with Gasteiger partial charge in [0.05, 0.1) is 5.69 Å². The number of alkyl halides is 1. The Morgan fingerprint density at radius 3 is 2.80 bits per heavy atom. The van der Waals surface area contributed by atoms with E-state index in [0.29, 0.717) is 18.1 Å². The molecular weight excluding hydrogens is 236 g/mol. The van der Waals surface area contributed by atoms with E-state index in [1.54, 1.807) is 29.2 Å². The predicted molar refractivity (Wildman–Crippen MR) is 60.2 cm³/mol. The number of rotatable bonds is 2. The molecule has 1 heterocycles. The molecule has 0 unspecified atom stereocenters. The summed E-state index contributed by atoms with van der Waals surface area (Å²) in [5, 5.41) is 0. The standard InChI is InChI=1S/C9H9ClN2O2S/c10-5-6-12-7-11-15(13,14)9-4-2-1-3-8(9)12/h1-4,7H,5-6H2. The quantitative estimate of drug-likeness (QED) is 0.740. The molecule has 0 amide bonds. The molecule has 4 nitrogen and oxygen atoms in total. The number of benzene rings is 1. The molecule has 0 radical (unpaired) electrons. The van der Waals surface area contributed by atoms with Gasteiger partial charge in [-0.05, 0) is 12.1 Å². The maximum absolute atomic E-state index is 11.6. The van der Waals surface area contributed by atoms with Crippen LogP contribution in [0, 0.1) is 0 Å². The van der Waals surface area contributed by atoms with Gasteiger partial charge in [-0.15, -0.1) is 16.0 Å². The molecule has 0 saturated carbocycles. The van der Waals surface area contributed by atoms with Crippen molar-refractivity contribution >= 4 is 33.7 Å². The van der Waals surface area contributed by atoms with Gasteiger partial charge in [0, 0.05) is 12.4 Å². The van der Waals surface area contributed by atoms with Crippen molar-refractivity contribution in [2.75, 3.05) is 17.3 Å². The van der Waals surface area contributed by atoms with Crippen molar-refractivity contribution in [2.45, 2.75) is 4.90 Å². The molecule has 0 aromatic heterocycles. The van der Waals surface area contributed by atoms with E-state index in [1.165, 1.54) is 6.34 Å². The van der Waals surface area contributed by atoms with Gasteiger partial charge in [0.2, 0.25) is 0 Å². The first kappa shape index (κ1) is 10.4. The van der Waals surface area contributed by atoms with Gasteiger partial charge in [0.25, 0.3) is 10.0 Å². The fourth-order valence-electron chi connectivity index (χ4n) is 1.42. The number of hydrogen-bond donors (Lipinski definition) is 0. The van der Waals surface area contributed by atoms with Crippen LogP contribution < -0.4 is 4.90 Å². The fraction of sp³-hybridized carbons (Fsp3) is 0.222. The molecule has 1 aliphatic rings. The van der Waals surface area contributed by atoms with Crippen LogP contribution in [0.3, 0.4) is 0 Å². The Morgan fingerprint density at radius 2 is 2.07 bits per heavy atom. The summed E-state index contributed by atoms with van der Waals surface area (Å²) >= 11 is 5.62. The van der Waals surface area contributed by atoms with Crippen LogP contribution in [0.5, 0.6) is 0 Å². The lowest BCUT2D eigenvalue weighted by atomic mass is 10.3. The Labute approximate surface area is 93.2 Å². The first-order valence-electron chi connectivity index (χ1n) is 4.37. The maximum atomic E-state index is 11.6. The second-order valence-corrected chi connectivity index (χ2v) is 5.02. The molecule has 6 heteroatoms. The lowest BCUT2D eigenvalue weighted by Crippen LogP contribution is -2.28. The van der Waals surface area contributed by atoms with Crippen LogP contribution in [0.25, 0.3) is 0 Å². The monoisotopic (exact) mass is 244 g/mol. The molecule has 0 N–H and O–H groups in total. The van der Waals surface area contributed by atoms with Gasteiger partial charge < -0.3 is 4.90 Å². The van der Waals surface area contributed by atoms with Crippen molar-refractivity contribution in [3.63, 3.8) is 0 Å². The third-order valence-electron chi connectivity index (χ3n) is 2.10. The number of halogens is 1. The average molecular weight is 245 g/mol. The van der Waals surface area contributed by atoms with E-state index in [4.69, 9.17) is 11.6 Å². The third kappa shape index (κ3) is 1.85. The van der Waals surface area contributed by atoms with Gasteiger partial charge in [0.15, 0.2) is 0 Å². The largest absolute Gasteiger partial charge is 0.329 e. The molecule has 0 spiro atoms. The highest BCUT2D eigenvalue weighted by atomic mass is 35.5. The summed E-state index contributed by atoms with van der Waals surface area (Å²) in [4.78, 5) is 1.96. The van der Waals surface area contributed by atoms with E-state index in [1.807, 2.05) is 0 Å². The molecule has 1 aromatic rings. The molecule has 0 bridgehead atoms. The van der Waals surface area contributed by atoms with E-state index in [9.17, 15) is 8.42 Å². The van der Waals surface area contributed by atoms with Crippen molar-refractivity contribution in [1.29, 1.82) is 0 Å². The normalized spacial score (nSPS) is 17.5. The highest BCUT2D eigenvalue weighted by molar-refractivity contribution is 7.90. The third-order valence-corrected chi connectivity index (χ3v) is 3.55. The minimum absolute atomic E-state index is 0.234. The molecule has 0 saturated heterocycles. The Balaban J connectivity index is 2.55. The predicted octanol–water partition coefficient (Wildman–Crippen LogP) is 1.46. The number of anilines is 1. The summed E-state index contributed by atoms with van der Waals surface area (Å²) in [7, 11) is -3.51. The minimum Gasteiger partial charge on any atom is -0.329 e. The topological polar surface area (TPSA) is 49.7 Å². The number of hydrogen-bond acceptors (Lipinski definition) is 3. The van der Waals surface area contributed by atoms with E-state index in [0.717, 1.165) is 0 Å². The van der Waals surface area contributed by atoms with Crippen LogP contribution in [0.4, 0.5) is 5.69 Å². The van der Waals surface area contributed by atoms with E-state index in [-0.39, 0.29) is 4.90 Å². The number of fused-ring (bicyclic) bond motifs is 1. The Hall–Kier alpha value is -1.07. The first-order chi connectivity index (χ1) is 7.15. The molecule has 0 fully saturated rings. The zero-order valence-electron chi connectivity index (χ0n) is 7.80. The zero-order valence-corrected chi connectivity index (χ0v) is 9.37. The first-order valence-corrected chi connectivity index (χ1v) is 6.35. The second-order valence-electron chi connectivity index (χ2n) is 3.05. The molecule has 0 aliphatic carbocycles. The zero-order chi connectivity index (χ0) is 10.9. The van der Waals surface area contributed by atoms with Gasteiger partial charge >= 0.3 is 0 Å². The van der Waals surface area contributed by atoms with Crippen molar-refractivity contribution in [3.05, 3.63) is 24.3 Å². The summed E-state index contributed by atoms with van der Waals surface area (Å²) in [6, 6.07) is 6.75.